The van der Waals surface area contributed by atoms with E-state index in [4.69, 9.17) is 0 Å². The quantitative estimate of drug-likeness (QED) is 0.750. The highest BCUT2D eigenvalue weighted by atomic mass is 19.1. The number of nitrogens with zero attached hydrogens (tertiary/aromatic N) is 4. The van der Waals surface area contributed by atoms with Gasteiger partial charge in [-0.3, -0.25) is 4.99 Å². The summed E-state index contributed by atoms with van der Waals surface area (Å²) < 4.78 is 16.6. The standard InChI is InChI=1S/C20H22FN5/c1-11(2)20(4)12(3)24-18-15(20)8-13(9-16(18)21)14-6-7-26-17(14)10-23-19(22-5)25-26/h6-11H,1-5H3,(H,22,25). The van der Waals surface area contributed by atoms with Crippen LogP contribution in [-0.4, -0.2) is 27.4 Å². The summed E-state index contributed by atoms with van der Waals surface area (Å²) in [6, 6.07) is 5.57. The van der Waals surface area contributed by atoms with Gasteiger partial charge >= 0.3 is 0 Å². The SMILES string of the molecule is CNc1ncc2c(-c3cc(F)c4c(c3)C(C)(C(C)C)C(C)=N4)ccn2n1. The van der Waals surface area contributed by atoms with E-state index in [0.717, 1.165) is 27.9 Å². The van der Waals surface area contributed by atoms with Crippen molar-refractivity contribution in [3.8, 4) is 11.1 Å². The zero-order chi connectivity index (χ0) is 18.6. The van der Waals surface area contributed by atoms with Gasteiger partial charge in [0.1, 0.15) is 11.5 Å². The van der Waals surface area contributed by atoms with Crippen LogP contribution in [0.1, 0.15) is 33.3 Å². The molecule has 26 heavy (non-hydrogen) atoms. The lowest BCUT2D eigenvalue weighted by molar-refractivity contribution is 0.455. The molecule has 0 radical (unpaired) electrons. The van der Waals surface area contributed by atoms with Crippen LogP contribution in [-0.2, 0) is 5.41 Å². The highest BCUT2D eigenvalue weighted by molar-refractivity contribution is 6.01. The molecule has 0 amide bonds. The van der Waals surface area contributed by atoms with Gasteiger partial charge in [0.05, 0.1) is 11.7 Å². The second kappa shape index (κ2) is 5.62. The van der Waals surface area contributed by atoms with Crippen LogP contribution in [0, 0.1) is 11.7 Å². The summed E-state index contributed by atoms with van der Waals surface area (Å²) in [6.45, 7) is 8.44. The molecule has 0 fully saturated rings. The number of rotatable bonds is 3. The van der Waals surface area contributed by atoms with Gasteiger partial charge in [0, 0.05) is 29.9 Å². The summed E-state index contributed by atoms with van der Waals surface area (Å²) in [5, 5.41) is 7.30. The van der Waals surface area contributed by atoms with Crippen molar-refractivity contribution < 1.29 is 4.39 Å². The van der Waals surface area contributed by atoms with E-state index >= 15 is 0 Å². The van der Waals surface area contributed by atoms with E-state index in [0.29, 0.717) is 17.6 Å². The maximum atomic E-state index is 14.9. The first kappa shape index (κ1) is 16.7. The number of anilines is 1. The van der Waals surface area contributed by atoms with Crippen LogP contribution in [0.25, 0.3) is 16.6 Å². The molecule has 1 aliphatic rings. The Morgan fingerprint density at radius 3 is 2.73 bits per heavy atom. The molecule has 1 aromatic carbocycles. The summed E-state index contributed by atoms with van der Waals surface area (Å²) in [5.41, 5.74) is 4.68. The minimum Gasteiger partial charge on any atom is -0.356 e. The van der Waals surface area contributed by atoms with Crippen molar-refractivity contribution in [2.24, 2.45) is 10.9 Å². The van der Waals surface area contributed by atoms with Gasteiger partial charge in [0.2, 0.25) is 5.95 Å². The summed E-state index contributed by atoms with van der Waals surface area (Å²) in [5.74, 6) is 0.569. The third-order valence-corrected chi connectivity index (χ3v) is 5.76. The summed E-state index contributed by atoms with van der Waals surface area (Å²) >= 11 is 0. The number of aromatic nitrogens is 3. The first-order valence-corrected chi connectivity index (χ1v) is 8.78. The van der Waals surface area contributed by atoms with E-state index < -0.39 is 0 Å². The highest BCUT2D eigenvalue weighted by Crippen LogP contribution is 2.47. The van der Waals surface area contributed by atoms with E-state index in [1.54, 1.807) is 23.8 Å². The van der Waals surface area contributed by atoms with Gasteiger partial charge in [0.25, 0.3) is 0 Å². The molecule has 1 unspecified atom stereocenters. The van der Waals surface area contributed by atoms with Crippen LogP contribution in [0.4, 0.5) is 16.0 Å². The second-order valence-corrected chi connectivity index (χ2v) is 7.30. The Bertz CT molecular complexity index is 1050. The molecule has 2 aromatic heterocycles. The van der Waals surface area contributed by atoms with Gasteiger partial charge in [0.15, 0.2) is 0 Å². The molecule has 3 aromatic rings. The zero-order valence-electron chi connectivity index (χ0n) is 15.6. The average molecular weight is 351 g/mol. The number of aliphatic imine (C=N–C) groups is 1. The summed E-state index contributed by atoms with van der Waals surface area (Å²) in [7, 11) is 1.77. The number of fused-ring (bicyclic) bond motifs is 2. The Hall–Kier alpha value is -2.76. The van der Waals surface area contributed by atoms with Crippen LogP contribution < -0.4 is 5.32 Å². The molecule has 0 spiro atoms. The summed E-state index contributed by atoms with van der Waals surface area (Å²) in [6.07, 6.45) is 3.62. The van der Waals surface area contributed by atoms with Crippen LogP contribution in [0.2, 0.25) is 0 Å². The number of hydrogen-bond donors (Lipinski definition) is 1. The maximum Gasteiger partial charge on any atom is 0.240 e. The average Bonchev–Trinajstić information content (AvgIpc) is 3.15. The molecule has 134 valence electrons. The van der Waals surface area contributed by atoms with E-state index in [2.05, 4.69) is 47.2 Å². The lowest BCUT2D eigenvalue weighted by atomic mass is 9.71. The van der Waals surface area contributed by atoms with Crippen molar-refractivity contribution in [1.82, 2.24) is 14.6 Å². The van der Waals surface area contributed by atoms with E-state index in [1.807, 2.05) is 19.2 Å². The minimum absolute atomic E-state index is 0.266. The lowest BCUT2D eigenvalue weighted by Crippen LogP contribution is -2.33. The van der Waals surface area contributed by atoms with E-state index in [-0.39, 0.29) is 11.2 Å². The lowest BCUT2D eigenvalue weighted by Gasteiger charge is -2.31. The molecule has 1 aliphatic heterocycles. The van der Waals surface area contributed by atoms with Crippen LogP contribution in [0.3, 0.4) is 0 Å². The molecule has 1 N–H and O–H groups in total. The summed E-state index contributed by atoms with van der Waals surface area (Å²) in [4.78, 5) is 8.83. The topological polar surface area (TPSA) is 54.6 Å². The Balaban J connectivity index is 1.92. The van der Waals surface area contributed by atoms with Gasteiger partial charge < -0.3 is 5.32 Å². The Labute approximate surface area is 152 Å². The van der Waals surface area contributed by atoms with Gasteiger partial charge in [-0.05, 0) is 49.1 Å². The molecule has 0 saturated carbocycles. The predicted octanol–water partition coefficient (Wildman–Crippen LogP) is 4.60. The number of benzene rings is 1. The van der Waals surface area contributed by atoms with Crippen molar-refractivity contribution in [3.05, 3.63) is 42.0 Å². The smallest absolute Gasteiger partial charge is 0.240 e. The number of halogens is 1. The van der Waals surface area contributed by atoms with Crippen LogP contribution in [0.5, 0.6) is 0 Å². The van der Waals surface area contributed by atoms with Gasteiger partial charge in [-0.1, -0.05) is 13.8 Å². The number of nitrogens with one attached hydrogen (secondary N) is 1. The largest absolute Gasteiger partial charge is 0.356 e. The molecule has 0 bridgehead atoms. The molecule has 3 heterocycles. The fourth-order valence-electron chi connectivity index (χ4n) is 3.73. The Morgan fingerprint density at radius 1 is 1.27 bits per heavy atom. The molecule has 0 aliphatic carbocycles. The van der Waals surface area contributed by atoms with Crippen molar-refractivity contribution >= 4 is 22.9 Å². The van der Waals surface area contributed by atoms with Crippen molar-refractivity contribution in [1.29, 1.82) is 0 Å². The zero-order valence-corrected chi connectivity index (χ0v) is 15.6. The molecule has 4 rings (SSSR count). The monoisotopic (exact) mass is 351 g/mol. The van der Waals surface area contributed by atoms with E-state index in [9.17, 15) is 4.39 Å². The minimum atomic E-state index is -0.284. The second-order valence-electron chi connectivity index (χ2n) is 7.30. The Kier molecular flexibility index (Phi) is 3.61. The van der Waals surface area contributed by atoms with E-state index in [1.165, 1.54) is 0 Å². The fourth-order valence-corrected chi connectivity index (χ4v) is 3.73. The molecule has 5 nitrogen and oxygen atoms in total. The molecule has 0 saturated heterocycles. The van der Waals surface area contributed by atoms with Crippen molar-refractivity contribution in [2.75, 3.05) is 12.4 Å². The van der Waals surface area contributed by atoms with Gasteiger partial charge in [-0.2, -0.15) is 0 Å². The molecule has 1 atom stereocenters. The third kappa shape index (κ3) is 2.18. The van der Waals surface area contributed by atoms with Gasteiger partial charge in [-0.15, -0.1) is 5.10 Å². The normalized spacial score (nSPS) is 19.1. The first-order valence-electron chi connectivity index (χ1n) is 8.78. The fraction of sp³-hybridized carbons (Fsp3) is 0.350. The molecule has 6 heteroatoms. The predicted molar refractivity (Wildman–Crippen MR) is 103 cm³/mol. The molecular weight excluding hydrogens is 329 g/mol. The van der Waals surface area contributed by atoms with Crippen LogP contribution in [0.15, 0.2) is 35.6 Å². The van der Waals surface area contributed by atoms with Crippen molar-refractivity contribution in [3.63, 3.8) is 0 Å². The highest BCUT2D eigenvalue weighted by Gasteiger charge is 2.41. The molecular formula is C20H22FN5. The number of hydrogen-bond acceptors (Lipinski definition) is 4. The first-order chi connectivity index (χ1) is 12.4. The third-order valence-electron chi connectivity index (χ3n) is 5.76. The van der Waals surface area contributed by atoms with Crippen molar-refractivity contribution in [2.45, 2.75) is 33.1 Å². The Morgan fingerprint density at radius 2 is 2.04 bits per heavy atom. The van der Waals surface area contributed by atoms with Crippen LogP contribution >= 0.6 is 0 Å². The van der Waals surface area contributed by atoms with Gasteiger partial charge in [-0.25, -0.2) is 13.9 Å². The maximum absolute atomic E-state index is 14.9.